The minimum Gasteiger partial charge on any atom is -0.460 e. The third-order valence-corrected chi connectivity index (χ3v) is 6.56. The lowest BCUT2D eigenvalue weighted by molar-refractivity contribution is -0.162. The van der Waals surface area contributed by atoms with Crippen LogP contribution in [-0.4, -0.2) is 34.7 Å². The van der Waals surface area contributed by atoms with Crippen LogP contribution in [0.15, 0.2) is 48.5 Å². The monoisotopic (exact) mass is 503 g/mol. The number of halogens is 2. The summed E-state index contributed by atoms with van der Waals surface area (Å²) in [6.07, 6.45) is 1.65. The van der Waals surface area contributed by atoms with E-state index in [0.29, 0.717) is 22.9 Å². The zero-order valence-electron chi connectivity index (χ0n) is 20.0. The minimum atomic E-state index is -0.651. The highest BCUT2D eigenvalue weighted by Gasteiger charge is 2.46. The fourth-order valence-corrected chi connectivity index (χ4v) is 4.99. The Balaban J connectivity index is 2.10. The molecule has 1 aliphatic rings. The van der Waals surface area contributed by atoms with Gasteiger partial charge in [0.05, 0.1) is 18.5 Å². The quantitative estimate of drug-likeness (QED) is 0.325. The topological polar surface area (TPSA) is 63.7 Å². The van der Waals surface area contributed by atoms with E-state index in [0.717, 1.165) is 17.4 Å². The number of nitrogens with zero attached hydrogens (tertiary/aromatic N) is 1. The van der Waals surface area contributed by atoms with Gasteiger partial charge in [-0.2, -0.15) is 0 Å². The largest absolute Gasteiger partial charge is 0.460 e. The van der Waals surface area contributed by atoms with Crippen molar-refractivity contribution in [1.82, 2.24) is 4.90 Å². The molecule has 0 aliphatic carbocycles. The number of hydrogen-bond donors (Lipinski definition) is 0. The van der Waals surface area contributed by atoms with Crippen LogP contribution in [0.3, 0.4) is 0 Å². The number of amides is 1. The minimum absolute atomic E-state index is 0.0493. The van der Waals surface area contributed by atoms with Gasteiger partial charge in [0, 0.05) is 21.9 Å². The average Bonchev–Trinajstić information content (AvgIpc) is 2.76. The Morgan fingerprint density at radius 2 is 1.79 bits per heavy atom. The first-order chi connectivity index (χ1) is 16.0. The van der Waals surface area contributed by atoms with Crippen LogP contribution in [0, 0.1) is 5.92 Å². The Hall–Kier alpha value is -2.37. The van der Waals surface area contributed by atoms with Gasteiger partial charge in [-0.3, -0.25) is 9.59 Å². The predicted octanol–water partition coefficient (Wildman–Crippen LogP) is 6.38. The number of rotatable bonds is 7. The van der Waals surface area contributed by atoms with E-state index in [4.69, 9.17) is 27.9 Å². The SMILES string of the molecule is CCC(C=O)N1C(=O)[C@@H](CC(=O)OC(C)(C)C)CC(c2cccc(Cl)c2)[C@H]1c1ccc(Cl)cc1. The van der Waals surface area contributed by atoms with E-state index in [9.17, 15) is 14.4 Å². The van der Waals surface area contributed by atoms with Gasteiger partial charge in [0.25, 0.3) is 0 Å². The molecule has 0 saturated carbocycles. The first kappa shape index (κ1) is 26.2. The van der Waals surface area contributed by atoms with E-state index in [-0.39, 0.29) is 18.2 Å². The van der Waals surface area contributed by atoms with Crippen molar-refractivity contribution in [3.05, 3.63) is 69.7 Å². The van der Waals surface area contributed by atoms with Gasteiger partial charge in [0.2, 0.25) is 5.91 Å². The fourth-order valence-electron chi connectivity index (χ4n) is 4.67. The Morgan fingerprint density at radius 1 is 1.12 bits per heavy atom. The van der Waals surface area contributed by atoms with Crippen LogP contribution in [0.2, 0.25) is 10.0 Å². The van der Waals surface area contributed by atoms with Gasteiger partial charge >= 0.3 is 5.97 Å². The number of carbonyl (C=O) groups excluding carboxylic acids is 3. The van der Waals surface area contributed by atoms with E-state index in [1.165, 1.54) is 0 Å². The summed E-state index contributed by atoms with van der Waals surface area (Å²) in [4.78, 5) is 40.2. The Bertz CT molecular complexity index is 1030. The van der Waals surface area contributed by atoms with Crippen LogP contribution in [0.4, 0.5) is 0 Å². The number of benzene rings is 2. The summed E-state index contributed by atoms with van der Waals surface area (Å²) < 4.78 is 5.51. The van der Waals surface area contributed by atoms with Crippen molar-refractivity contribution in [3.8, 4) is 0 Å². The van der Waals surface area contributed by atoms with E-state index >= 15 is 0 Å². The number of esters is 1. The lowest BCUT2D eigenvalue weighted by atomic mass is 9.74. The lowest BCUT2D eigenvalue weighted by Gasteiger charge is -2.47. The van der Waals surface area contributed by atoms with E-state index < -0.39 is 29.6 Å². The van der Waals surface area contributed by atoms with Gasteiger partial charge < -0.3 is 14.4 Å². The predicted molar refractivity (Wildman–Crippen MR) is 134 cm³/mol. The number of likely N-dealkylation sites (tertiary alicyclic amines) is 1. The molecule has 0 bridgehead atoms. The second-order valence-corrected chi connectivity index (χ2v) is 10.6. The number of aldehydes is 1. The van der Waals surface area contributed by atoms with Gasteiger partial charge in [0.15, 0.2) is 0 Å². The summed E-state index contributed by atoms with van der Waals surface area (Å²) in [5.41, 5.74) is 1.17. The maximum atomic E-state index is 13.8. The third kappa shape index (κ3) is 6.19. The van der Waals surface area contributed by atoms with Crippen molar-refractivity contribution in [2.24, 2.45) is 5.92 Å². The van der Waals surface area contributed by atoms with Gasteiger partial charge in [0.1, 0.15) is 11.9 Å². The molecule has 1 fully saturated rings. The molecule has 2 unspecified atom stereocenters. The Kier molecular flexibility index (Phi) is 8.43. The molecule has 182 valence electrons. The molecule has 0 radical (unpaired) electrons. The fraction of sp³-hybridized carbons (Fsp3) is 0.444. The molecule has 1 saturated heterocycles. The number of carbonyl (C=O) groups is 3. The van der Waals surface area contributed by atoms with Crippen molar-refractivity contribution in [3.63, 3.8) is 0 Å². The Morgan fingerprint density at radius 3 is 2.35 bits per heavy atom. The van der Waals surface area contributed by atoms with Gasteiger partial charge in [-0.1, -0.05) is 54.4 Å². The summed E-state index contributed by atoms with van der Waals surface area (Å²) in [6, 6.07) is 13.8. The van der Waals surface area contributed by atoms with Gasteiger partial charge in [-0.05, 0) is 69.0 Å². The molecule has 2 aromatic carbocycles. The summed E-state index contributed by atoms with van der Waals surface area (Å²) in [5, 5.41) is 1.17. The second-order valence-electron chi connectivity index (χ2n) is 9.74. The van der Waals surface area contributed by atoms with Crippen LogP contribution in [0.25, 0.3) is 0 Å². The molecule has 0 spiro atoms. The van der Waals surface area contributed by atoms with Crippen LogP contribution in [-0.2, 0) is 19.1 Å². The molecule has 7 heteroatoms. The van der Waals surface area contributed by atoms with Crippen LogP contribution in [0.5, 0.6) is 0 Å². The lowest BCUT2D eigenvalue weighted by Crippen LogP contribution is -2.52. The molecule has 34 heavy (non-hydrogen) atoms. The van der Waals surface area contributed by atoms with Crippen molar-refractivity contribution in [2.75, 3.05) is 0 Å². The highest BCUT2D eigenvalue weighted by molar-refractivity contribution is 6.30. The Labute approximate surface area is 211 Å². The van der Waals surface area contributed by atoms with E-state index in [1.54, 1.807) is 43.9 Å². The molecule has 3 rings (SSSR count). The van der Waals surface area contributed by atoms with E-state index in [1.807, 2.05) is 37.3 Å². The maximum absolute atomic E-state index is 13.8. The molecule has 5 nitrogen and oxygen atoms in total. The van der Waals surface area contributed by atoms with Gasteiger partial charge in [-0.15, -0.1) is 0 Å². The molecule has 4 atom stereocenters. The van der Waals surface area contributed by atoms with Crippen molar-refractivity contribution in [1.29, 1.82) is 0 Å². The molecular weight excluding hydrogens is 473 g/mol. The number of piperidine rings is 1. The van der Waals surface area contributed by atoms with Crippen molar-refractivity contribution < 1.29 is 19.1 Å². The zero-order valence-corrected chi connectivity index (χ0v) is 21.5. The molecular formula is C27H31Cl2NO4. The first-order valence-electron chi connectivity index (χ1n) is 11.5. The normalized spacial score (nSPS) is 21.8. The highest BCUT2D eigenvalue weighted by Crippen LogP contribution is 2.47. The standard InChI is InChI=1S/C27H31Cl2NO4/c1-5-22(16-31)30-25(17-9-11-20(28)12-10-17)23(18-7-6-8-21(29)13-18)14-19(26(30)33)15-24(32)34-27(2,3)4/h6-13,16,19,22-23,25H,5,14-15H2,1-4H3/t19-,22?,23?,25-/m1/s1. The third-order valence-electron chi connectivity index (χ3n) is 6.08. The first-order valence-corrected chi connectivity index (χ1v) is 12.3. The molecule has 2 aromatic rings. The van der Waals surface area contributed by atoms with E-state index in [2.05, 4.69) is 0 Å². The summed E-state index contributed by atoms with van der Waals surface area (Å²) in [7, 11) is 0. The maximum Gasteiger partial charge on any atom is 0.307 e. The van der Waals surface area contributed by atoms with Crippen LogP contribution < -0.4 is 0 Å². The van der Waals surface area contributed by atoms with Crippen molar-refractivity contribution >= 4 is 41.4 Å². The van der Waals surface area contributed by atoms with Crippen LogP contribution in [0.1, 0.15) is 70.0 Å². The number of hydrogen-bond acceptors (Lipinski definition) is 4. The summed E-state index contributed by atoms with van der Waals surface area (Å²) in [6.45, 7) is 7.26. The zero-order chi connectivity index (χ0) is 25.0. The average molecular weight is 504 g/mol. The summed E-state index contributed by atoms with van der Waals surface area (Å²) >= 11 is 12.5. The van der Waals surface area contributed by atoms with Gasteiger partial charge in [-0.25, -0.2) is 0 Å². The molecule has 1 heterocycles. The van der Waals surface area contributed by atoms with Crippen LogP contribution >= 0.6 is 23.2 Å². The smallest absolute Gasteiger partial charge is 0.307 e. The number of ether oxygens (including phenoxy) is 1. The van der Waals surface area contributed by atoms with Crippen molar-refractivity contribution in [2.45, 2.75) is 70.6 Å². The molecule has 0 N–H and O–H groups in total. The molecule has 1 aliphatic heterocycles. The summed E-state index contributed by atoms with van der Waals surface area (Å²) in [5.74, 6) is -1.45. The second kappa shape index (κ2) is 10.9. The highest BCUT2D eigenvalue weighted by atomic mass is 35.5. The molecule has 0 aromatic heterocycles. The molecule has 1 amide bonds.